The number of likely N-dealkylation sites (N-methyl/N-ethyl adjacent to an activating group) is 3. The molecule has 6 aromatic carbocycles. The number of ketones is 3. The summed E-state index contributed by atoms with van der Waals surface area (Å²) < 4.78 is 73.5. The van der Waals surface area contributed by atoms with Gasteiger partial charge in [-0.1, -0.05) is 14.9 Å². The molecule has 0 radical (unpaired) electrons. The van der Waals surface area contributed by atoms with Gasteiger partial charge in [-0.05, 0) is 108 Å². The van der Waals surface area contributed by atoms with Crippen LogP contribution in [0.5, 0.6) is 80.5 Å². The number of rotatable bonds is 19. The SMILES string of the molecule is C.C.COCOc1ccc(C(=O)CC2c3c(cc4c(c3OC)OCO4)CC[N+]2(C)C)cc1C.COc1cc(C(=O)CC2c3c(cc(O)c(O)c3OC)CC[N+]2(C)C)cc(OC)c1OC.COc1cc(C)cc(C(=O)CC2c3c(cc4c(c3OC)OCO4)CC[N+]2(C)C)c1.[I-].[I-].[I-]. The Bertz CT molecular complexity index is 3720. The minimum atomic E-state index is -0.312. The summed E-state index contributed by atoms with van der Waals surface area (Å²) in [6.45, 7) is 7.09. The molecule has 5 aliphatic rings. The molecule has 0 aliphatic carbocycles. The van der Waals surface area contributed by atoms with Gasteiger partial charge in [0.05, 0.1) is 148 Å². The summed E-state index contributed by atoms with van der Waals surface area (Å²) in [6, 6.07) is 19.8. The minimum Gasteiger partial charge on any atom is -1.00 e. The molecule has 0 fully saturated rings. The molecule has 0 saturated heterocycles. The van der Waals surface area contributed by atoms with Gasteiger partial charge in [-0.3, -0.25) is 14.4 Å². The molecular weight excluding hydrogens is 1580 g/mol. The van der Waals surface area contributed by atoms with Crippen molar-refractivity contribution in [3.8, 4) is 80.5 Å². The monoisotopic (exact) mass is 1670 g/mol. The number of aryl methyl sites for hydroxylation is 2. The van der Waals surface area contributed by atoms with Crippen molar-refractivity contribution in [1.82, 2.24) is 0 Å². The van der Waals surface area contributed by atoms with Crippen LogP contribution in [0.4, 0.5) is 0 Å². The first kappa shape index (κ1) is 82.0. The van der Waals surface area contributed by atoms with Crippen molar-refractivity contribution in [2.45, 2.75) is 85.4 Å². The zero-order chi connectivity index (χ0) is 65.9. The summed E-state index contributed by atoms with van der Waals surface area (Å²) in [6.07, 6.45) is 3.40. The van der Waals surface area contributed by atoms with Crippen LogP contribution in [0.1, 0.15) is 128 Å². The van der Waals surface area contributed by atoms with Crippen molar-refractivity contribution in [2.75, 3.05) is 139 Å². The topological polar surface area (TPSA) is 212 Å². The van der Waals surface area contributed by atoms with E-state index in [9.17, 15) is 24.6 Å². The second kappa shape index (κ2) is 34.4. The Morgan fingerprint density at radius 3 is 1.29 bits per heavy atom. The predicted octanol–water partition coefficient (Wildman–Crippen LogP) is 2.71. The number of hydrogen-bond donors (Lipinski definition) is 2. The Labute approximate surface area is 617 Å². The van der Waals surface area contributed by atoms with Crippen molar-refractivity contribution in [2.24, 2.45) is 0 Å². The molecule has 0 spiro atoms. The fraction of sp³-hybridized carbons (Fsp3) is 0.458. The molecule has 2 N–H and O–H groups in total. The third-order valence-corrected chi connectivity index (χ3v) is 18.4. The van der Waals surface area contributed by atoms with Crippen molar-refractivity contribution in [3.63, 3.8) is 0 Å². The van der Waals surface area contributed by atoms with Crippen molar-refractivity contribution in [3.05, 3.63) is 128 Å². The van der Waals surface area contributed by atoms with E-state index in [0.29, 0.717) is 101 Å². The maximum Gasteiger partial charge on any atom is 0.231 e. The molecule has 21 nitrogen and oxygen atoms in total. The number of methoxy groups -OCH3 is 8. The molecule has 11 rings (SSSR count). The Kier molecular flexibility index (Phi) is 29.3. The number of halogens is 3. The number of nitrogens with zero attached hydrogens (tertiary/aromatic N) is 3. The van der Waals surface area contributed by atoms with E-state index in [2.05, 4.69) is 28.2 Å². The summed E-state index contributed by atoms with van der Waals surface area (Å²) in [5.41, 5.74) is 9.75. The van der Waals surface area contributed by atoms with Gasteiger partial charge in [-0.2, -0.15) is 0 Å². The van der Waals surface area contributed by atoms with E-state index < -0.39 is 0 Å². The molecular formula is C72H96I3N3O18. The number of aromatic hydroxyl groups is 2. The zero-order valence-electron chi connectivity index (χ0n) is 56.5. The molecule has 24 heteroatoms. The Morgan fingerprint density at radius 1 is 0.469 bits per heavy atom. The normalized spacial score (nSPS) is 17.1. The highest BCUT2D eigenvalue weighted by atomic mass is 127. The molecule has 6 aromatic rings. The van der Waals surface area contributed by atoms with E-state index in [0.717, 1.165) is 82.9 Å². The van der Waals surface area contributed by atoms with Gasteiger partial charge in [0.15, 0.2) is 70.1 Å². The minimum absolute atomic E-state index is 0. The summed E-state index contributed by atoms with van der Waals surface area (Å²) in [7, 11) is 25.2. The first-order chi connectivity index (χ1) is 43.4. The predicted molar refractivity (Wildman–Crippen MR) is 353 cm³/mol. The number of carbonyl (C=O) groups excluding carboxylic acids is 3. The van der Waals surface area contributed by atoms with Crippen LogP contribution in [0.2, 0.25) is 0 Å². The largest absolute Gasteiger partial charge is 1.00 e. The number of hydrogen-bond acceptors (Lipinski definition) is 18. The first-order valence-electron chi connectivity index (χ1n) is 30.2. The van der Waals surface area contributed by atoms with Crippen LogP contribution < -0.4 is 129 Å². The third-order valence-electron chi connectivity index (χ3n) is 18.4. The molecule has 5 heterocycles. The molecule has 3 unspecified atom stereocenters. The Balaban J connectivity index is 0.000000299. The molecule has 0 amide bonds. The zero-order valence-corrected chi connectivity index (χ0v) is 62.9. The van der Waals surface area contributed by atoms with Gasteiger partial charge >= 0.3 is 0 Å². The van der Waals surface area contributed by atoms with Crippen LogP contribution in [0.15, 0.2) is 66.7 Å². The van der Waals surface area contributed by atoms with Gasteiger partial charge in [0, 0.05) is 43.1 Å². The molecule has 0 saturated carbocycles. The molecule has 0 aromatic heterocycles. The average molecular weight is 1670 g/mol. The van der Waals surface area contributed by atoms with Gasteiger partial charge in [-0.15, -0.1) is 0 Å². The number of benzene rings is 6. The summed E-state index contributed by atoms with van der Waals surface area (Å²) >= 11 is 0. The maximum atomic E-state index is 13.4. The average Bonchev–Trinajstić information content (AvgIpc) is 1.19. The van der Waals surface area contributed by atoms with Crippen LogP contribution in [0.25, 0.3) is 0 Å². The van der Waals surface area contributed by atoms with Gasteiger partial charge in [0.1, 0.15) is 29.6 Å². The lowest BCUT2D eigenvalue weighted by Crippen LogP contribution is -3.00. The highest BCUT2D eigenvalue weighted by Crippen LogP contribution is 2.54. The molecule has 5 aliphatic heterocycles. The summed E-state index contributed by atoms with van der Waals surface area (Å²) in [4.78, 5) is 40.0. The van der Waals surface area contributed by atoms with Crippen LogP contribution in [0.3, 0.4) is 0 Å². The number of quaternary nitrogens is 3. The molecule has 3 atom stereocenters. The van der Waals surface area contributed by atoms with Crippen LogP contribution in [0, 0.1) is 13.8 Å². The molecule has 96 heavy (non-hydrogen) atoms. The lowest BCUT2D eigenvalue weighted by molar-refractivity contribution is -0.922. The summed E-state index contributed by atoms with van der Waals surface area (Å²) in [5, 5.41) is 20.5. The maximum absolute atomic E-state index is 13.4. The Hall–Kier alpha value is -6.44. The van der Waals surface area contributed by atoms with Gasteiger partial charge in [0.25, 0.3) is 0 Å². The second-order valence-corrected chi connectivity index (χ2v) is 25.2. The third kappa shape index (κ3) is 17.0. The number of carbonyl (C=O) groups is 3. The number of phenols is 2. The van der Waals surface area contributed by atoms with Crippen LogP contribution in [-0.4, -0.2) is 180 Å². The highest BCUT2D eigenvalue weighted by molar-refractivity contribution is 5.99. The van der Waals surface area contributed by atoms with Gasteiger partial charge in [-0.25, -0.2) is 0 Å². The molecule has 528 valence electrons. The standard InChI is InChI=1S/C24H30NO6.C23H29NO7.C23H28NO5.2CH4.3HI/c1-15-10-16(6-7-20(15)29-13-27-4)19(26)12-18-22-17(8-9-25(18,2)3)11-21-23(24(22)28-5)31-14-30-21;1-24(2)8-7-13-9-17(26)21(27)23(31-6)20(13)15(24)12-16(25)14-10-18(28-3)22(30-5)19(11-14)29-4;1-14-8-16(10-17(9-14)26-4)19(25)12-18-21-15(6-7-24(18,2)3)11-20-22(23(21)27-5)29-13-28-20;;;;;/h6-7,10-11,18H,8-9,12-14H2,1-5H3;9-11,15H,7-8,12H2,1-6H3,(H-,26,27);8-11,18H,6-7,12-13H2,1-5H3;2*1H4;3*1H/q+1;;+1;;;;;/p-2. The van der Waals surface area contributed by atoms with Crippen molar-refractivity contribution < 1.29 is 172 Å². The number of phenolic OH excluding ortho intramolecular Hbond substituents is 2. The smallest absolute Gasteiger partial charge is 0.231 e. The van der Waals surface area contributed by atoms with E-state index >= 15 is 0 Å². The fourth-order valence-electron chi connectivity index (χ4n) is 13.2. The van der Waals surface area contributed by atoms with Crippen molar-refractivity contribution >= 4 is 17.3 Å². The fourth-order valence-corrected chi connectivity index (χ4v) is 13.2. The number of fused-ring (bicyclic) bond motifs is 5. The van der Waals surface area contributed by atoms with E-state index in [1.807, 2.05) is 76.5 Å². The van der Waals surface area contributed by atoms with E-state index in [-0.39, 0.29) is 166 Å². The van der Waals surface area contributed by atoms with Crippen LogP contribution in [-0.2, 0) is 24.0 Å². The lowest BCUT2D eigenvalue weighted by atomic mass is 9.85. The van der Waals surface area contributed by atoms with Crippen molar-refractivity contribution in [1.29, 1.82) is 0 Å². The summed E-state index contributed by atoms with van der Waals surface area (Å²) in [5.74, 6) is 6.49. The first-order valence-corrected chi connectivity index (χ1v) is 30.2. The lowest BCUT2D eigenvalue weighted by Gasteiger charge is -2.43. The van der Waals surface area contributed by atoms with Gasteiger partial charge in [0.2, 0.25) is 36.6 Å². The number of ether oxygens (including phenoxy) is 13. The van der Waals surface area contributed by atoms with E-state index in [4.69, 9.17) is 61.6 Å². The van der Waals surface area contributed by atoms with E-state index in [1.165, 1.54) is 34.0 Å². The van der Waals surface area contributed by atoms with Gasteiger partial charge < -0.3 is 157 Å². The quantitative estimate of drug-likeness (QED) is 0.0393. The van der Waals surface area contributed by atoms with Crippen LogP contribution >= 0.6 is 0 Å². The highest BCUT2D eigenvalue weighted by Gasteiger charge is 2.45. The molecule has 0 bridgehead atoms. The Morgan fingerprint density at radius 2 is 0.885 bits per heavy atom. The van der Waals surface area contributed by atoms with E-state index in [1.54, 1.807) is 46.6 Å². The second-order valence-electron chi connectivity index (χ2n) is 25.2. The number of Topliss-reactive ketones (excluding diaryl/α,β-unsaturated/α-hetero) is 3.